The number of aliphatic hydroxyl groups is 1. The van der Waals surface area contributed by atoms with Gasteiger partial charge in [0.2, 0.25) is 0 Å². The van der Waals surface area contributed by atoms with Gasteiger partial charge < -0.3 is 14.7 Å². The van der Waals surface area contributed by atoms with Crippen LogP contribution in [0.1, 0.15) is 38.2 Å². The van der Waals surface area contributed by atoms with Gasteiger partial charge in [0.1, 0.15) is 5.75 Å². The molecule has 110 valence electrons. The molecule has 1 fully saturated rings. The molecule has 0 aromatic heterocycles. The molecule has 0 bridgehead atoms. The summed E-state index contributed by atoms with van der Waals surface area (Å²) in [5, 5.41) is 9.03. The van der Waals surface area contributed by atoms with Crippen LogP contribution in [0.3, 0.4) is 0 Å². The zero-order chi connectivity index (χ0) is 14.5. The van der Waals surface area contributed by atoms with Crippen molar-refractivity contribution in [2.24, 2.45) is 0 Å². The Labute approximate surface area is 120 Å². The van der Waals surface area contributed by atoms with E-state index in [1.807, 2.05) is 24.3 Å². The van der Waals surface area contributed by atoms with Crippen molar-refractivity contribution in [1.82, 2.24) is 4.90 Å². The normalized spacial score (nSPS) is 14.4. The van der Waals surface area contributed by atoms with E-state index in [4.69, 9.17) is 9.84 Å². The summed E-state index contributed by atoms with van der Waals surface area (Å²) < 4.78 is 5.69. The Balaban J connectivity index is 1.95. The molecule has 1 aromatic carbocycles. The van der Waals surface area contributed by atoms with Gasteiger partial charge >= 0.3 is 0 Å². The van der Waals surface area contributed by atoms with Gasteiger partial charge in [0, 0.05) is 12.6 Å². The van der Waals surface area contributed by atoms with Crippen molar-refractivity contribution in [3.8, 4) is 5.75 Å². The van der Waals surface area contributed by atoms with Crippen molar-refractivity contribution < 1.29 is 14.6 Å². The maximum absolute atomic E-state index is 12.2. The van der Waals surface area contributed by atoms with Gasteiger partial charge in [-0.2, -0.15) is 0 Å². The third kappa shape index (κ3) is 3.73. The number of benzene rings is 1. The number of rotatable bonds is 7. The van der Waals surface area contributed by atoms with Gasteiger partial charge in [-0.1, -0.05) is 32.0 Å². The molecule has 0 aliphatic heterocycles. The summed E-state index contributed by atoms with van der Waals surface area (Å²) in [4.78, 5) is 13.9. The average Bonchev–Trinajstić information content (AvgIpc) is 3.26. The number of hydrogen-bond acceptors (Lipinski definition) is 3. The van der Waals surface area contributed by atoms with Gasteiger partial charge in [-0.3, -0.25) is 4.79 Å². The highest BCUT2D eigenvalue weighted by molar-refractivity contribution is 5.78. The summed E-state index contributed by atoms with van der Waals surface area (Å²) in [6, 6.07) is 8.12. The molecule has 4 heteroatoms. The fraction of sp³-hybridized carbons (Fsp3) is 0.562. The molecule has 0 spiro atoms. The molecule has 4 nitrogen and oxygen atoms in total. The summed E-state index contributed by atoms with van der Waals surface area (Å²) in [7, 11) is 0. The lowest BCUT2D eigenvalue weighted by Gasteiger charge is -2.22. The molecule has 1 aliphatic rings. The first kappa shape index (κ1) is 14.9. The van der Waals surface area contributed by atoms with Crippen LogP contribution >= 0.6 is 0 Å². The Kier molecular flexibility index (Phi) is 5.01. The Morgan fingerprint density at radius 2 is 2.10 bits per heavy atom. The lowest BCUT2D eigenvalue weighted by atomic mass is 10.0. The minimum atomic E-state index is -0.0416. The zero-order valence-electron chi connectivity index (χ0n) is 12.2. The minimum absolute atomic E-state index is 0.00478. The predicted octanol–water partition coefficient (Wildman–Crippen LogP) is 2.17. The van der Waals surface area contributed by atoms with Crippen molar-refractivity contribution in [3.05, 3.63) is 29.8 Å². The minimum Gasteiger partial charge on any atom is -0.483 e. The van der Waals surface area contributed by atoms with Crippen molar-refractivity contribution in [3.63, 3.8) is 0 Å². The number of ether oxygens (including phenoxy) is 1. The van der Waals surface area contributed by atoms with Gasteiger partial charge in [0.15, 0.2) is 6.61 Å². The molecule has 0 unspecified atom stereocenters. The molecule has 20 heavy (non-hydrogen) atoms. The number of carbonyl (C=O) groups is 1. The molecule has 1 N–H and O–H groups in total. The molecule has 1 aromatic rings. The maximum atomic E-state index is 12.2. The standard InChI is InChI=1S/C16H23NO3/c1-12(2)14-5-3-4-6-15(14)20-11-16(19)17(9-10-18)13-7-8-13/h3-6,12-13,18H,7-11H2,1-2H3. The molecule has 0 radical (unpaired) electrons. The van der Waals surface area contributed by atoms with E-state index in [1.54, 1.807) is 4.90 Å². The Morgan fingerprint density at radius 1 is 1.40 bits per heavy atom. The fourth-order valence-electron chi connectivity index (χ4n) is 2.32. The quantitative estimate of drug-likeness (QED) is 0.831. The van der Waals surface area contributed by atoms with E-state index in [0.717, 1.165) is 24.2 Å². The van der Waals surface area contributed by atoms with E-state index < -0.39 is 0 Å². The predicted molar refractivity (Wildman–Crippen MR) is 77.8 cm³/mol. The first-order chi connectivity index (χ1) is 9.63. The topological polar surface area (TPSA) is 49.8 Å². The molecule has 0 saturated heterocycles. The summed E-state index contributed by atoms with van der Waals surface area (Å²) in [5.41, 5.74) is 1.11. The van der Waals surface area contributed by atoms with Gasteiger partial charge in [-0.15, -0.1) is 0 Å². The summed E-state index contributed by atoms with van der Waals surface area (Å²) >= 11 is 0. The van der Waals surface area contributed by atoms with E-state index in [2.05, 4.69) is 13.8 Å². The van der Waals surface area contributed by atoms with Crippen LogP contribution in [-0.2, 0) is 4.79 Å². The summed E-state index contributed by atoms with van der Waals surface area (Å²) in [6.07, 6.45) is 2.07. The van der Waals surface area contributed by atoms with Crippen molar-refractivity contribution >= 4 is 5.91 Å². The van der Waals surface area contributed by atoms with Gasteiger partial charge in [0.25, 0.3) is 5.91 Å². The first-order valence-corrected chi connectivity index (χ1v) is 7.25. The lowest BCUT2D eigenvalue weighted by Crippen LogP contribution is -2.38. The largest absolute Gasteiger partial charge is 0.483 e. The van der Waals surface area contributed by atoms with Gasteiger partial charge in [-0.05, 0) is 30.4 Å². The van der Waals surface area contributed by atoms with Crippen LogP contribution in [0.2, 0.25) is 0 Å². The molecule has 1 aliphatic carbocycles. The van der Waals surface area contributed by atoms with Crippen LogP contribution in [-0.4, -0.2) is 41.7 Å². The summed E-state index contributed by atoms with van der Waals surface area (Å²) in [5.74, 6) is 1.09. The molecular weight excluding hydrogens is 254 g/mol. The van der Waals surface area contributed by atoms with Crippen LogP contribution in [0.25, 0.3) is 0 Å². The van der Waals surface area contributed by atoms with Crippen LogP contribution in [0.5, 0.6) is 5.75 Å². The number of para-hydroxylation sites is 1. The molecular formula is C16H23NO3. The SMILES string of the molecule is CC(C)c1ccccc1OCC(=O)N(CCO)C1CC1. The average molecular weight is 277 g/mol. The molecule has 1 saturated carbocycles. The highest BCUT2D eigenvalue weighted by atomic mass is 16.5. The van der Waals surface area contributed by atoms with Crippen LogP contribution in [0.15, 0.2) is 24.3 Å². The van der Waals surface area contributed by atoms with Gasteiger partial charge in [0.05, 0.1) is 6.61 Å². The second-order valence-electron chi connectivity index (χ2n) is 5.52. The monoisotopic (exact) mass is 277 g/mol. The first-order valence-electron chi connectivity index (χ1n) is 7.25. The number of amides is 1. The van der Waals surface area contributed by atoms with E-state index in [-0.39, 0.29) is 19.1 Å². The van der Waals surface area contributed by atoms with E-state index in [9.17, 15) is 4.79 Å². The number of nitrogens with zero attached hydrogens (tertiary/aromatic N) is 1. The lowest BCUT2D eigenvalue weighted by molar-refractivity contribution is -0.134. The third-order valence-corrected chi connectivity index (χ3v) is 3.54. The summed E-state index contributed by atoms with van der Waals surface area (Å²) in [6.45, 7) is 4.66. The van der Waals surface area contributed by atoms with Gasteiger partial charge in [-0.25, -0.2) is 0 Å². The van der Waals surface area contributed by atoms with Crippen LogP contribution in [0, 0.1) is 0 Å². The Bertz CT molecular complexity index is 455. The Morgan fingerprint density at radius 3 is 2.70 bits per heavy atom. The maximum Gasteiger partial charge on any atom is 0.260 e. The molecule has 0 atom stereocenters. The highest BCUT2D eigenvalue weighted by Crippen LogP contribution is 2.28. The fourth-order valence-corrected chi connectivity index (χ4v) is 2.32. The second kappa shape index (κ2) is 6.75. The molecule has 0 heterocycles. The number of aliphatic hydroxyl groups excluding tert-OH is 1. The smallest absolute Gasteiger partial charge is 0.260 e. The second-order valence-corrected chi connectivity index (χ2v) is 5.52. The van der Waals surface area contributed by atoms with Crippen molar-refractivity contribution in [2.45, 2.75) is 38.6 Å². The molecule has 2 rings (SSSR count). The highest BCUT2D eigenvalue weighted by Gasteiger charge is 2.32. The zero-order valence-corrected chi connectivity index (χ0v) is 12.2. The number of hydrogen-bond donors (Lipinski definition) is 1. The third-order valence-electron chi connectivity index (χ3n) is 3.54. The Hall–Kier alpha value is -1.55. The van der Waals surface area contributed by atoms with Crippen molar-refractivity contribution in [1.29, 1.82) is 0 Å². The number of carbonyl (C=O) groups excluding carboxylic acids is 1. The molecule has 1 amide bonds. The van der Waals surface area contributed by atoms with Crippen LogP contribution in [0.4, 0.5) is 0 Å². The van der Waals surface area contributed by atoms with E-state index >= 15 is 0 Å². The van der Waals surface area contributed by atoms with Crippen molar-refractivity contribution in [2.75, 3.05) is 19.8 Å². The van der Waals surface area contributed by atoms with E-state index in [0.29, 0.717) is 18.5 Å². The van der Waals surface area contributed by atoms with E-state index in [1.165, 1.54) is 0 Å². The van der Waals surface area contributed by atoms with Crippen LogP contribution < -0.4 is 4.74 Å².